The first kappa shape index (κ1) is 79.0. The summed E-state index contributed by atoms with van der Waals surface area (Å²) in [6, 6.07) is 0. The molecule has 0 heterocycles. The Labute approximate surface area is 503 Å². The van der Waals surface area contributed by atoms with Crippen LogP contribution in [0.15, 0.2) is 48.6 Å². The zero-order valence-corrected chi connectivity index (χ0v) is 55.1. The summed E-state index contributed by atoms with van der Waals surface area (Å²) in [5.41, 5.74) is 0. The van der Waals surface area contributed by atoms with E-state index in [0.29, 0.717) is 17.4 Å². The number of phosphoric acid groups is 1. The number of rotatable bonds is 65. The molecule has 0 saturated carbocycles. The summed E-state index contributed by atoms with van der Waals surface area (Å²) in [6.07, 6.45) is 80.8. The van der Waals surface area contributed by atoms with Gasteiger partial charge in [-0.15, -0.1) is 0 Å². The van der Waals surface area contributed by atoms with Gasteiger partial charge in [0.05, 0.1) is 27.7 Å². The van der Waals surface area contributed by atoms with Gasteiger partial charge in [0.15, 0.2) is 6.10 Å². The van der Waals surface area contributed by atoms with Crippen LogP contribution in [0.4, 0.5) is 0 Å². The quantitative estimate of drug-likeness (QED) is 0.0195. The molecule has 0 aromatic heterocycles. The van der Waals surface area contributed by atoms with E-state index in [4.69, 9.17) is 18.5 Å². The molecule has 0 radical (unpaired) electrons. The minimum Gasteiger partial charge on any atom is -0.756 e. The maximum atomic E-state index is 12.8. The van der Waals surface area contributed by atoms with Gasteiger partial charge >= 0.3 is 11.9 Å². The molecule has 0 aliphatic carbocycles. The molecule has 0 aromatic rings. The molecular weight excluding hydrogens is 1030 g/mol. The first-order valence-electron chi connectivity index (χ1n) is 34.8. The topological polar surface area (TPSA) is 111 Å². The summed E-state index contributed by atoms with van der Waals surface area (Å²) in [4.78, 5) is 38.0. The number of phosphoric ester groups is 1. The monoisotopic (exact) mass is 1160 g/mol. The second-order valence-electron chi connectivity index (χ2n) is 24.9. The molecule has 2 unspecified atom stereocenters. The van der Waals surface area contributed by atoms with E-state index in [1.54, 1.807) is 0 Å². The standard InChI is InChI=1S/C71H134NO8P/c1-6-8-10-12-14-16-18-20-22-24-26-27-28-29-30-31-32-33-34-35-36-37-38-39-40-41-42-43-44-46-47-49-51-53-55-57-59-61-63-70(73)77-67-69(68-79-81(75,76)78-66-65-72(3,4)5)80-71(74)64-62-60-58-56-54-52-50-48-45-25-23-21-19-17-15-13-11-9-7-2/h9,11,15,17,21,23,45,48,69H,6-8,10,12-14,16,18-20,22,24-44,46-47,49-68H2,1-5H3/b11-9-,17-15-,23-21-,48-45-. The highest BCUT2D eigenvalue weighted by Crippen LogP contribution is 2.38. The van der Waals surface area contributed by atoms with E-state index in [-0.39, 0.29) is 32.0 Å². The van der Waals surface area contributed by atoms with Gasteiger partial charge in [0.2, 0.25) is 0 Å². The van der Waals surface area contributed by atoms with Crippen LogP contribution < -0.4 is 4.89 Å². The van der Waals surface area contributed by atoms with Crippen molar-refractivity contribution in [1.29, 1.82) is 0 Å². The molecule has 10 heteroatoms. The lowest BCUT2D eigenvalue weighted by molar-refractivity contribution is -0.870. The summed E-state index contributed by atoms with van der Waals surface area (Å²) in [5, 5.41) is 0. The molecule has 0 saturated heterocycles. The summed E-state index contributed by atoms with van der Waals surface area (Å²) in [7, 11) is 1.16. The third-order valence-corrected chi connectivity index (χ3v) is 16.6. The minimum atomic E-state index is -4.64. The normalized spacial score (nSPS) is 13.4. The van der Waals surface area contributed by atoms with Crippen molar-refractivity contribution in [3.63, 3.8) is 0 Å². The molecular formula is C71H134NO8P. The predicted molar refractivity (Wildman–Crippen MR) is 347 cm³/mol. The minimum absolute atomic E-state index is 0.0338. The van der Waals surface area contributed by atoms with Crippen LogP contribution in [0.3, 0.4) is 0 Å². The average Bonchev–Trinajstić information content (AvgIpc) is 3.44. The third kappa shape index (κ3) is 67.0. The van der Waals surface area contributed by atoms with E-state index >= 15 is 0 Å². The maximum Gasteiger partial charge on any atom is 0.306 e. The number of likely N-dealkylation sites (N-methyl/N-ethyl adjacent to an activating group) is 1. The van der Waals surface area contributed by atoms with Crippen LogP contribution in [0.25, 0.3) is 0 Å². The van der Waals surface area contributed by atoms with Gasteiger partial charge in [0, 0.05) is 12.8 Å². The Morgan fingerprint density at radius 1 is 0.395 bits per heavy atom. The van der Waals surface area contributed by atoms with Crippen LogP contribution in [0, 0.1) is 0 Å². The molecule has 2 atom stereocenters. The molecule has 0 rings (SSSR count). The van der Waals surface area contributed by atoms with Gasteiger partial charge in [-0.25, -0.2) is 0 Å². The van der Waals surface area contributed by atoms with E-state index in [9.17, 15) is 19.0 Å². The van der Waals surface area contributed by atoms with E-state index < -0.39 is 26.5 Å². The largest absolute Gasteiger partial charge is 0.756 e. The molecule has 0 aliphatic rings. The Bertz CT molecular complexity index is 1510. The van der Waals surface area contributed by atoms with Crippen LogP contribution in [0.2, 0.25) is 0 Å². The van der Waals surface area contributed by atoms with Gasteiger partial charge < -0.3 is 27.9 Å². The molecule has 0 spiro atoms. The lowest BCUT2D eigenvalue weighted by Crippen LogP contribution is -2.37. The van der Waals surface area contributed by atoms with Gasteiger partial charge in [-0.05, 0) is 51.4 Å². The van der Waals surface area contributed by atoms with Gasteiger partial charge in [-0.2, -0.15) is 0 Å². The van der Waals surface area contributed by atoms with Crippen LogP contribution in [0.1, 0.15) is 341 Å². The first-order valence-corrected chi connectivity index (χ1v) is 36.3. The lowest BCUT2D eigenvalue weighted by atomic mass is 10.0. The Kier molecular flexibility index (Phi) is 60.9. The number of hydrogen-bond donors (Lipinski definition) is 0. The van der Waals surface area contributed by atoms with Crippen molar-refractivity contribution in [3.8, 4) is 0 Å². The fourth-order valence-electron chi connectivity index (χ4n) is 10.3. The van der Waals surface area contributed by atoms with Crippen LogP contribution in [0.5, 0.6) is 0 Å². The van der Waals surface area contributed by atoms with Crippen molar-refractivity contribution in [2.24, 2.45) is 0 Å². The summed E-state index contributed by atoms with van der Waals surface area (Å²) >= 11 is 0. The number of esters is 2. The summed E-state index contributed by atoms with van der Waals surface area (Å²) in [6.45, 7) is 4.16. The molecule has 0 aromatic carbocycles. The second kappa shape index (κ2) is 62.5. The van der Waals surface area contributed by atoms with E-state index in [2.05, 4.69) is 62.5 Å². The smallest absolute Gasteiger partial charge is 0.306 e. The molecule has 0 amide bonds. The Balaban J connectivity index is 3.90. The number of allylic oxidation sites excluding steroid dienone is 8. The van der Waals surface area contributed by atoms with Gasteiger partial charge in [0.1, 0.15) is 19.8 Å². The number of unbranched alkanes of at least 4 members (excludes halogenated alkanes) is 43. The number of hydrogen-bond acceptors (Lipinski definition) is 8. The molecule has 0 fully saturated rings. The van der Waals surface area contributed by atoms with Gasteiger partial charge in [-0.1, -0.05) is 326 Å². The first-order chi connectivity index (χ1) is 39.5. The molecule has 9 nitrogen and oxygen atoms in total. The Morgan fingerprint density at radius 3 is 1.05 bits per heavy atom. The van der Waals surface area contributed by atoms with Crippen LogP contribution in [-0.2, 0) is 32.7 Å². The number of carbonyl (C=O) groups excluding carboxylic acids is 2. The molecule has 0 N–H and O–H groups in total. The van der Waals surface area contributed by atoms with Gasteiger partial charge in [-0.3, -0.25) is 14.2 Å². The van der Waals surface area contributed by atoms with Crippen molar-refractivity contribution in [1.82, 2.24) is 0 Å². The van der Waals surface area contributed by atoms with Crippen molar-refractivity contribution in [2.75, 3.05) is 47.5 Å². The van der Waals surface area contributed by atoms with Crippen LogP contribution in [-0.4, -0.2) is 70.0 Å². The highest BCUT2D eigenvalue weighted by Gasteiger charge is 2.22. The van der Waals surface area contributed by atoms with E-state index in [1.807, 2.05) is 21.1 Å². The summed E-state index contributed by atoms with van der Waals surface area (Å²) in [5.74, 6) is -0.836. The van der Waals surface area contributed by atoms with E-state index in [1.165, 1.54) is 225 Å². The van der Waals surface area contributed by atoms with Crippen molar-refractivity contribution in [3.05, 3.63) is 48.6 Å². The Morgan fingerprint density at radius 2 is 0.704 bits per heavy atom. The lowest BCUT2D eigenvalue weighted by Gasteiger charge is -2.28. The molecule has 0 aliphatic heterocycles. The molecule has 476 valence electrons. The fraction of sp³-hybridized carbons (Fsp3) is 0.859. The molecule has 0 bridgehead atoms. The van der Waals surface area contributed by atoms with Crippen molar-refractivity contribution < 1.29 is 42.1 Å². The SMILES string of the molecule is CC/C=C\C/C=C\C/C=C\C/C=C\CCCCCCCCC(=O)OC(COC(=O)CCCCCCCCCCCCCCCCCCCCCCCCCCCCCCCCCCCCCCCC)COP(=O)([O-])OCC[N+](C)(C)C. The fourth-order valence-corrected chi connectivity index (χ4v) is 11.0. The number of quaternary nitrogens is 1. The third-order valence-electron chi connectivity index (χ3n) is 15.6. The zero-order chi connectivity index (χ0) is 59.1. The second-order valence-corrected chi connectivity index (χ2v) is 26.3. The molecule has 81 heavy (non-hydrogen) atoms. The zero-order valence-electron chi connectivity index (χ0n) is 54.2. The highest BCUT2D eigenvalue weighted by atomic mass is 31.2. The van der Waals surface area contributed by atoms with E-state index in [0.717, 1.165) is 83.5 Å². The summed E-state index contributed by atoms with van der Waals surface area (Å²) < 4.78 is 34.2. The Hall–Kier alpha value is -2.03. The number of nitrogens with zero attached hydrogens (tertiary/aromatic N) is 1. The number of carbonyl (C=O) groups is 2. The number of ether oxygens (including phenoxy) is 2. The van der Waals surface area contributed by atoms with Gasteiger partial charge in [0.25, 0.3) is 7.82 Å². The maximum absolute atomic E-state index is 12.8. The van der Waals surface area contributed by atoms with Crippen molar-refractivity contribution in [2.45, 2.75) is 347 Å². The average molecular weight is 1160 g/mol. The predicted octanol–water partition coefficient (Wildman–Crippen LogP) is 21.8. The highest BCUT2D eigenvalue weighted by molar-refractivity contribution is 7.45. The van der Waals surface area contributed by atoms with Crippen molar-refractivity contribution >= 4 is 19.8 Å². The van der Waals surface area contributed by atoms with Crippen LogP contribution >= 0.6 is 7.82 Å².